The number of nitrogens with two attached hydrogens (primary N) is 1. The largest absolute Gasteiger partial charge is 0.433 e. The number of hydrogen-bond acceptors (Lipinski definition) is 4. The summed E-state index contributed by atoms with van der Waals surface area (Å²) in [5, 5.41) is 0. The molecule has 4 nitrogen and oxygen atoms in total. The summed E-state index contributed by atoms with van der Waals surface area (Å²) < 4.78 is 43.6. The number of nitrogens with zero attached hydrogens (tertiary/aromatic N) is 2. The van der Waals surface area contributed by atoms with Crippen molar-refractivity contribution in [2.75, 3.05) is 23.7 Å². The molecule has 0 radical (unpaired) electrons. The van der Waals surface area contributed by atoms with Gasteiger partial charge in [-0.15, -0.1) is 0 Å². The van der Waals surface area contributed by atoms with E-state index in [2.05, 4.69) is 4.98 Å². The lowest BCUT2D eigenvalue weighted by atomic mass is 10.2. The van der Waals surface area contributed by atoms with Crippen molar-refractivity contribution in [3.05, 3.63) is 18.0 Å². The summed E-state index contributed by atoms with van der Waals surface area (Å²) in [7, 11) is 0. The first-order valence-electron chi connectivity index (χ1n) is 6.00. The van der Waals surface area contributed by atoms with Crippen LogP contribution in [0.25, 0.3) is 0 Å². The topological polar surface area (TPSA) is 51.4 Å². The number of rotatable bonds is 1. The number of nitrogen functional groups attached to an aromatic ring is 1. The quantitative estimate of drug-likeness (QED) is 0.854. The molecule has 0 unspecified atom stereocenters. The third-order valence-electron chi connectivity index (χ3n) is 2.96. The molecule has 0 saturated carbocycles. The van der Waals surface area contributed by atoms with Gasteiger partial charge in [-0.25, -0.2) is 4.98 Å². The Hall–Kier alpha value is -1.50. The van der Waals surface area contributed by atoms with E-state index >= 15 is 0 Å². The van der Waals surface area contributed by atoms with Gasteiger partial charge in [0.2, 0.25) is 0 Å². The number of aromatic nitrogens is 1. The molecule has 2 atom stereocenters. The first kappa shape index (κ1) is 13.9. The van der Waals surface area contributed by atoms with Crippen molar-refractivity contribution in [1.29, 1.82) is 0 Å². The van der Waals surface area contributed by atoms with E-state index in [1.54, 1.807) is 0 Å². The second kappa shape index (κ2) is 4.88. The molecular weight excluding hydrogens is 259 g/mol. The van der Waals surface area contributed by atoms with Gasteiger partial charge in [0.15, 0.2) is 0 Å². The predicted octanol–water partition coefficient (Wildman–Crippen LogP) is 2.30. The number of anilines is 2. The van der Waals surface area contributed by atoms with E-state index in [0.717, 1.165) is 12.3 Å². The van der Waals surface area contributed by atoms with Crippen LogP contribution in [0.4, 0.5) is 24.5 Å². The monoisotopic (exact) mass is 275 g/mol. The maximum atomic E-state index is 12.7. The lowest BCUT2D eigenvalue weighted by Gasteiger charge is -2.37. The van der Waals surface area contributed by atoms with Crippen LogP contribution in [0.1, 0.15) is 19.5 Å². The van der Waals surface area contributed by atoms with E-state index < -0.39 is 11.9 Å². The fourth-order valence-corrected chi connectivity index (χ4v) is 2.26. The van der Waals surface area contributed by atoms with Crippen LogP contribution in [-0.4, -0.2) is 30.3 Å². The normalized spacial score (nSPS) is 24.6. The average molecular weight is 275 g/mol. The van der Waals surface area contributed by atoms with Crippen molar-refractivity contribution in [3.8, 4) is 0 Å². The van der Waals surface area contributed by atoms with E-state index in [1.165, 1.54) is 0 Å². The van der Waals surface area contributed by atoms with Crippen molar-refractivity contribution in [2.24, 2.45) is 0 Å². The minimum Gasteiger partial charge on any atom is -0.396 e. The third kappa shape index (κ3) is 3.09. The van der Waals surface area contributed by atoms with Crippen molar-refractivity contribution >= 4 is 11.4 Å². The fourth-order valence-electron chi connectivity index (χ4n) is 2.26. The summed E-state index contributed by atoms with van der Waals surface area (Å²) in [4.78, 5) is 5.15. The van der Waals surface area contributed by atoms with Crippen molar-refractivity contribution in [3.63, 3.8) is 0 Å². The van der Waals surface area contributed by atoms with Gasteiger partial charge >= 0.3 is 6.18 Å². The molecular formula is C12H16F3N3O. The smallest absolute Gasteiger partial charge is 0.396 e. The molecule has 7 heteroatoms. The van der Waals surface area contributed by atoms with Crippen LogP contribution in [0.5, 0.6) is 0 Å². The molecule has 1 fully saturated rings. The van der Waals surface area contributed by atoms with Crippen LogP contribution < -0.4 is 10.6 Å². The molecule has 1 aromatic heterocycles. The Kier molecular flexibility index (Phi) is 3.58. The standard InChI is InChI=1S/C12H16F3N3O/c1-7-5-18(6-8(2)19-7)10-3-11(12(13,14)15)17-4-9(10)16/h3-4,7-8H,5-6,16H2,1-2H3/t7-,8+. The van der Waals surface area contributed by atoms with Gasteiger partial charge in [0, 0.05) is 13.1 Å². The summed E-state index contributed by atoms with van der Waals surface area (Å²) in [5.74, 6) is 0. The Bertz CT molecular complexity index is 454. The zero-order valence-corrected chi connectivity index (χ0v) is 10.7. The third-order valence-corrected chi connectivity index (χ3v) is 2.96. The predicted molar refractivity (Wildman–Crippen MR) is 65.9 cm³/mol. The van der Waals surface area contributed by atoms with Gasteiger partial charge in [0.05, 0.1) is 29.8 Å². The minimum absolute atomic E-state index is 0.0503. The number of pyridine rings is 1. The van der Waals surface area contributed by atoms with Gasteiger partial charge in [-0.3, -0.25) is 0 Å². The molecule has 0 aromatic carbocycles. The Labute approximate surface area is 109 Å². The lowest BCUT2D eigenvalue weighted by Crippen LogP contribution is -2.45. The number of hydrogen-bond donors (Lipinski definition) is 1. The summed E-state index contributed by atoms with van der Waals surface area (Å²) in [6.45, 7) is 4.78. The van der Waals surface area contributed by atoms with Gasteiger partial charge in [0.25, 0.3) is 0 Å². The molecule has 2 rings (SSSR count). The molecule has 1 aliphatic heterocycles. The number of morpholine rings is 1. The number of halogens is 3. The summed E-state index contributed by atoms with van der Waals surface area (Å²) in [6.07, 6.45) is -3.51. The number of ether oxygens (including phenoxy) is 1. The van der Waals surface area contributed by atoms with Gasteiger partial charge in [-0.2, -0.15) is 13.2 Å². The minimum atomic E-state index is -4.47. The molecule has 19 heavy (non-hydrogen) atoms. The summed E-state index contributed by atoms with van der Waals surface area (Å²) >= 11 is 0. The molecule has 2 heterocycles. The molecule has 106 valence electrons. The maximum absolute atomic E-state index is 12.7. The second-order valence-electron chi connectivity index (χ2n) is 4.79. The fraction of sp³-hybridized carbons (Fsp3) is 0.583. The molecule has 2 N–H and O–H groups in total. The molecule has 1 aliphatic rings. The Morgan fingerprint density at radius 2 is 1.89 bits per heavy atom. The van der Waals surface area contributed by atoms with Crippen LogP contribution in [0, 0.1) is 0 Å². The van der Waals surface area contributed by atoms with Crippen LogP contribution >= 0.6 is 0 Å². The van der Waals surface area contributed by atoms with Crippen LogP contribution in [-0.2, 0) is 10.9 Å². The van der Waals surface area contributed by atoms with Gasteiger partial charge < -0.3 is 15.4 Å². The zero-order chi connectivity index (χ0) is 14.2. The Balaban J connectivity index is 2.33. The zero-order valence-electron chi connectivity index (χ0n) is 10.7. The van der Waals surface area contributed by atoms with Crippen LogP contribution in [0.2, 0.25) is 0 Å². The first-order chi connectivity index (χ1) is 8.77. The molecule has 0 spiro atoms. The van der Waals surface area contributed by atoms with Gasteiger partial charge in [0.1, 0.15) is 5.69 Å². The average Bonchev–Trinajstić information content (AvgIpc) is 2.26. The highest BCUT2D eigenvalue weighted by Gasteiger charge is 2.34. The van der Waals surface area contributed by atoms with Crippen molar-refractivity contribution in [1.82, 2.24) is 4.98 Å². The van der Waals surface area contributed by atoms with Gasteiger partial charge in [-0.05, 0) is 19.9 Å². The van der Waals surface area contributed by atoms with E-state index in [-0.39, 0.29) is 17.9 Å². The SMILES string of the molecule is C[C@@H]1CN(c2cc(C(F)(F)F)ncc2N)C[C@H](C)O1. The van der Waals surface area contributed by atoms with Crippen molar-refractivity contribution < 1.29 is 17.9 Å². The highest BCUT2D eigenvalue weighted by Crippen LogP contribution is 2.33. The van der Waals surface area contributed by atoms with E-state index in [0.29, 0.717) is 18.8 Å². The van der Waals surface area contributed by atoms with Crippen LogP contribution in [0.15, 0.2) is 12.3 Å². The number of alkyl halides is 3. The first-order valence-corrected chi connectivity index (χ1v) is 6.00. The van der Waals surface area contributed by atoms with Crippen molar-refractivity contribution in [2.45, 2.75) is 32.2 Å². The van der Waals surface area contributed by atoms with Gasteiger partial charge in [-0.1, -0.05) is 0 Å². The Morgan fingerprint density at radius 1 is 1.32 bits per heavy atom. The van der Waals surface area contributed by atoms with E-state index in [9.17, 15) is 13.2 Å². The van der Waals surface area contributed by atoms with Crippen LogP contribution in [0.3, 0.4) is 0 Å². The van der Waals surface area contributed by atoms with E-state index in [1.807, 2.05) is 18.7 Å². The summed E-state index contributed by atoms with van der Waals surface area (Å²) in [6, 6.07) is 1.00. The van der Waals surface area contributed by atoms with E-state index in [4.69, 9.17) is 10.5 Å². The lowest BCUT2D eigenvalue weighted by molar-refractivity contribution is -0.141. The molecule has 0 amide bonds. The molecule has 0 bridgehead atoms. The molecule has 0 aliphatic carbocycles. The highest BCUT2D eigenvalue weighted by atomic mass is 19.4. The highest BCUT2D eigenvalue weighted by molar-refractivity contribution is 5.67. The second-order valence-corrected chi connectivity index (χ2v) is 4.79. The molecule has 1 aromatic rings. The Morgan fingerprint density at radius 3 is 2.42 bits per heavy atom. The maximum Gasteiger partial charge on any atom is 0.433 e. The molecule has 1 saturated heterocycles. The summed E-state index contributed by atoms with van der Waals surface area (Å²) in [5.41, 5.74) is 5.42.